The number of H-pyrrole nitrogens is 1. The van der Waals surface area contributed by atoms with Crippen LogP contribution in [0.25, 0.3) is 0 Å². The van der Waals surface area contributed by atoms with E-state index in [1.165, 1.54) is 6.07 Å². The summed E-state index contributed by atoms with van der Waals surface area (Å²) in [4.78, 5) is 26.6. The van der Waals surface area contributed by atoms with Gasteiger partial charge in [-0.25, -0.2) is 0 Å². The van der Waals surface area contributed by atoms with Crippen LogP contribution in [0.2, 0.25) is 0 Å². The maximum absolute atomic E-state index is 11.6. The SMILES string of the molecule is CN(CCBr)C(=O)c1cccc(=O)[nH]1. The molecule has 0 spiro atoms. The minimum atomic E-state index is -0.261. The second kappa shape index (κ2) is 4.95. The van der Waals surface area contributed by atoms with E-state index >= 15 is 0 Å². The van der Waals surface area contributed by atoms with Crippen molar-refractivity contribution in [3.63, 3.8) is 0 Å². The summed E-state index contributed by atoms with van der Waals surface area (Å²) >= 11 is 3.24. The number of aromatic nitrogens is 1. The Morgan fingerprint density at radius 1 is 1.57 bits per heavy atom. The molecule has 14 heavy (non-hydrogen) atoms. The lowest BCUT2D eigenvalue weighted by atomic mass is 10.3. The summed E-state index contributed by atoms with van der Waals surface area (Å²) in [5.41, 5.74) is 0.0593. The van der Waals surface area contributed by atoms with Crippen molar-refractivity contribution < 1.29 is 4.79 Å². The lowest BCUT2D eigenvalue weighted by molar-refractivity contribution is 0.0798. The molecule has 1 rings (SSSR count). The molecule has 0 atom stereocenters. The predicted molar refractivity (Wildman–Crippen MR) is 57.8 cm³/mol. The van der Waals surface area contributed by atoms with Crippen molar-refractivity contribution in [1.82, 2.24) is 9.88 Å². The summed E-state index contributed by atoms with van der Waals surface area (Å²) in [6.45, 7) is 0.607. The van der Waals surface area contributed by atoms with Crippen LogP contribution in [0, 0.1) is 0 Å². The number of rotatable bonds is 3. The van der Waals surface area contributed by atoms with Crippen LogP contribution < -0.4 is 5.56 Å². The number of pyridine rings is 1. The van der Waals surface area contributed by atoms with Gasteiger partial charge in [0.2, 0.25) is 5.56 Å². The standard InChI is InChI=1S/C9H11BrN2O2/c1-12(6-5-10)9(14)7-3-2-4-8(13)11-7/h2-4H,5-6H2,1H3,(H,11,13). The third kappa shape index (κ3) is 2.70. The molecule has 1 aromatic rings. The normalized spacial score (nSPS) is 9.86. The molecule has 0 bridgehead atoms. The Labute approximate surface area is 90.1 Å². The van der Waals surface area contributed by atoms with Gasteiger partial charge >= 0.3 is 0 Å². The number of carbonyl (C=O) groups excluding carboxylic acids is 1. The second-order valence-corrected chi connectivity index (χ2v) is 3.64. The van der Waals surface area contributed by atoms with E-state index in [1.54, 1.807) is 24.1 Å². The highest BCUT2D eigenvalue weighted by molar-refractivity contribution is 9.09. The zero-order valence-corrected chi connectivity index (χ0v) is 9.37. The Kier molecular flexibility index (Phi) is 3.88. The first-order valence-electron chi connectivity index (χ1n) is 4.16. The monoisotopic (exact) mass is 258 g/mol. The van der Waals surface area contributed by atoms with Crippen molar-refractivity contribution in [2.45, 2.75) is 0 Å². The van der Waals surface area contributed by atoms with Crippen LogP contribution >= 0.6 is 15.9 Å². The van der Waals surface area contributed by atoms with Crippen LogP contribution in [0.1, 0.15) is 10.5 Å². The maximum atomic E-state index is 11.6. The molecule has 1 N–H and O–H groups in total. The molecular weight excluding hydrogens is 248 g/mol. The Hall–Kier alpha value is -1.10. The van der Waals surface area contributed by atoms with Crippen molar-refractivity contribution in [3.8, 4) is 0 Å². The predicted octanol–water partition coefficient (Wildman–Crippen LogP) is 0.842. The van der Waals surface area contributed by atoms with Gasteiger partial charge in [0.05, 0.1) is 0 Å². The minimum absolute atomic E-state index is 0.179. The molecule has 0 aromatic carbocycles. The smallest absolute Gasteiger partial charge is 0.270 e. The van der Waals surface area contributed by atoms with Crippen LogP contribution in [0.4, 0.5) is 0 Å². The highest BCUT2D eigenvalue weighted by Gasteiger charge is 2.10. The number of aromatic amines is 1. The van der Waals surface area contributed by atoms with E-state index in [2.05, 4.69) is 20.9 Å². The molecular formula is C9H11BrN2O2. The number of halogens is 1. The number of nitrogens with one attached hydrogen (secondary N) is 1. The first-order valence-corrected chi connectivity index (χ1v) is 5.28. The molecule has 1 heterocycles. The number of amides is 1. The number of carbonyl (C=O) groups is 1. The van der Waals surface area contributed by atoms with Crippen molar-refractivity contribution >= 4 is 21.8 Å². The average Bonchev–Trinajstić information content (AvgIpc) is 2.17. The molecule has 0 unspecified atom stereocenters. The van der Waals surface area contributed by atoms with E-state index in [4.69, 9.17) is 0 Å². The fourth-order valence-corrected chi connectivity index (χ4v) is 1.54. The van der Waals surface area contributed by atoms with Gasteiger partial charge in [-0.05, 0) is 6.07 Å². The van der Waals surface area contributed by atoms with Gasteiger partial charge in [-0.15, -0.1) is 0 Å². The quantitative estimate of drug-likeness (QED) is 0.818. The van der Waals surface area contributed by atoms with Gasteiger partial charge in [0.15, 0.2) is 0 Å². The molecule has 0 radical (unpaired) electrons. The van der Waals surface area contributed by atoms with Gasteiger partial charge in [0, 0.05) is 25.0 Å². The van der Waals surface area contributed by atoms with Gasteiger partial charge < -0.3 is 9.88 Å². The van der Waals surface area contributed by atoms with E-state index in [1.807, 2.05) is 0 Å². The molecule has 4 nitrogen and oxygen atoms in total. The van der Waals surface area contributed by atoms with E-state index < -0.39 is 0 Å². The van der Waals surface area contributed by atoms with Crippen LogP contribution in [-0.2, 0) is 0 Å². The van der Waals surface area contributed by atoms with Crippen LogP contribution in [-0.4, -0.2) is 34.7 Å². The molecule has 76 valence electrons. The second-order valence-electron chi connectivity index (χ2n) is 2.84. The summed E-state index contributed by atoms with van der Waals surface area (Å²) in [6, 6.07) is 4.53. The van der Waals surface area contributed by atoms with Gasteiger partial charge in [0.1, 0.15) is 5.69 Å². The largest absolute Gasteiger partial charge is 0.340 e. The molecule has 0 aliphatic carbocycles. The van der Waals surface area contributed by atoms with E-state index in [0.717, 1.165) is 0 Å². The highest BCUT2D eigenvalue weighted by Crippen LogP contribution is 1.97. The summed E-state index contributed by atoms with van der Waals surface area (Å²) in [7, 11) is 1.69. The minimum Gasteiger partial charge on any atom is -0.340 e. The van der Waals surface area contributed by atoms with Gasteiger partial charge in [-0.2, -0.15) is 0 Å². The van der Waals surface area contributed by atoms with Gasteiger partial charge in [-0.3, -0.25) is 9.59 Å². The Balaban J connectivity index is 2.84. The Morgan fingerprint density at radius 2 is 2.29 bits per heavy atom. The zero-order valence-electron chi connectivity index (χ0n) is 7.79. The van der Waals surface area contributed by atoms with Crippen LogP contribution in [0.5, 0.6) is 0 Å². The summed E-state index contributed by atoms with van der Waals surface area (Å²) in [5, 5.41) is 0.715. The molecule has 1 aromatic heterocycles. The van der Waals surface area contributed by atoms with Crippen LogP contribution in [0.15, 0.2) is 23.0 Å². The van der Waals surface area contributed by atoms with Crippen molar-refractivity contribution in [1.29, 1.82) is 0 Å². The van der Waals surface area contributed by atoms with Crippen LogP contribution in [0.3, 0.4) is 0 Å². The average molecular weight is 259 g/mol. The van der Waals surface area contributed by atoms with Gasteiger partial charge in [-0.1, -0.05) is 22.0 Å². The fourth-order valence-electron chi connectivity index (χ4n) is 1.01. The summed E-state index contributed by atoms with van der Waals surface area (Å²) in [5.74, 6) is -0.179. The highest BCUT2D eigenvalue weighted by atomic mass is 79.9. The molecule has 0 saturated heterocycles. The van der Waals surface area contributed by atoms with E-state index in [9.17, 15) is 9.59 Å². The molecule has 0 aliphatic heterocycles. The first-order chi connectivity index (χ1) is 6.65. The third-order valence-corrected chi connectivity index (χ3v) is 2.12. The fraction of sp³-hybridized carbons (Fsp3) is 0.333. The number of hydrogen-bond acceptors (Lipinski definition) is 2. The maximum Gasteiger partial charge on any atom is 0.270 e. The van der Waals surface area contributed by atoms with E-state index in [-0.39, 0.29) is 11.5 Å². The molecule has 0 saturated carbocycles. The molecule has 1 amide bonds. The summed E-state index contributed by atoms with van der Waals surface area (Å²) in [6.07, 6.45) is 0. The number of alkyl halides is 1. The molecule has 0 fully saturated rings. The van der Waals surface area contributed by atoms with Gasteiger partial charge in [0.25, 0.3) is 5.91 Å². The third-order valence-electron chi connectivity index (χ3n) is 1.77. The lowest BCUT2D eigenvalue weighted by Crippen LogP contribution is -2.30. The molecule has 0 aliphatic rings. The van der Waals surface area contributed by atoms with Crippen molar-refractivity contribution in [2.24, 2.45) is 0 Å². The van der Waals surface area contributed by atoms with E-state index in [0.29, 0.717) is 17.6 Å². The number of nitrogens with zero attached hydrogens (tertiary/aromatic N) is 1. The van der Waals surface area contributed by atoms with Crippen molar-refractivity contribution in [2.75, 3.05) is 18.9 Å². The topological polar surface area (TPSA) is 53.2 Å². The Bertz CT molecular complexity index is 375. The molecule has 5 heteroatoms. The lowest BCUT2D eigenvalue weighted by Gasteiger charge is -2.14. The zero-order chi connectivity index (χ0) is 10.6. The Morgan fingerprint density at radius 3 is 2.86 bits per heavy atom. The number of hydrogen-bond donors (Lipinski definition) is 1. The first kappa shape index (κ1) is 11.0. The van der Waals surface area contributed by atoms with Crippen molar-refractivity contribution in [3.05, 3.63) is 34.2 Å². The summed E-state index contributed by atoms with van der Waals surface area (Å²) < 4.78 is 0.